The smallest absolute Gasteiger partial charge is 0.229 e. The Labute approximate surface area is 238 Å². The average molecular weight is 579 g/mol. The van der Waals surface area contributed by atoms with Crippen LogP contribution in [0.2, 0.25) is 0 Å². The first-order valence-electron chi connectivity index (χ1n) is 14.2. The maximum atomic E-state index is 14.8. The molecule has 0 bridgehead atoms. The molecule has 41 heavy (non-hydrogen) atoms. The van der Waals surface area contributed by atoms with E-state index in [0.29, 0.717) is 48.9 Å². The van der Waals surface area contributed by atoms with E-state index in [4.69, 9.17) is 14.2 Å². The minimum Gasteiger partial charge on any atom is -0.440 e. The Morgan fingerprint density at radius 1 is 1.12 bits per heavy atom. The van der Waals surface area contributed by atoms with Crippen LogP contribution in [-0.2, 0) is 14.5 Å². The number of ketones is 1. The monoisotopic (exact) mass is 578 g/mol. The number of hydrogen-bond acceptors (Lipinski definition) is 7. The molecular formula is C31H32F2N4O3S. The summed E-state index contributed by atoms with van der Waals surface area (Å²) in [5.41, 5.74) is 1.71. The van der Waals surface area contributed by atoms with Gasteiger partial charge in [-0.1, -0.05) is 25.0 Å². The topological polar surface area (TPSA) is 111 Å². The average Bonchev–Trinajstić information content (AvgIpc) is 3.60. The summed E-state index contributed by atoms with van der Waals surface area (Å²) < 4.78 is 54.7. The van der Waals surface area contributed by atoms with Gasteiger partial charge in [-0.3, -0.25) is 9.57 Å². The van der Waals surface area contributed by atoms with E-state index in [1.54, 1.807) is 0 Å². The zero-order chi connectivity index (χ0) is 28.8. The highest BCUT2D eigenvalue weighted by Gasteiger charge is 2.47. The Hall–Kier alpha value is -3.58. The number of nitrogens with zero attached hydrogens (tertiary/aromatic N) is 3. The van der Waals surface area contributed by atoms with Crippen LogP contribution in [0.1, 0.15) is 56.6 Å². The Morgan fingerprint density at radius 2 is 1.83 bits per heavy atom. The van der Waals surface area contributed by atoms with Crippen LogP contribution >= 0.6 is 0 Å². The van der Waals surface area contributed by atoms with Gasteiger partial charge >= 0.3 is 0 Å². The lowest BCUT2D eigenvalue weighted by molar-refractivity contribution is -0.125. The summed E-state index contributed by atoms with van der Waals surface area (Å²) in [7, 11) is -2.51. The van der Waals surface area contributed by atoms with Crippen molar-refractivity contribution in [2.45, 2.75) is 50.9 Å². The number of hydrogen-bond donors (Lipinski definition) is 1. The number of carbonyl (C=O) groups excluding carboxylic acids is 1. The number of benzene rings is 2. The molecule has 2 atom stereocenters. The highest BCUT2D eigenvalue weighted by atomic mass is 32.2. The van der Waals surface area contributed by atoms with Crippen LogP contribution in [0.3, 0.4) is 0 Å². The van der Waals surface area contributed by atoms with E-state index in [2.05, 4.69) is 11.0 Å². The summed E-state index contributed by atoms with van der Waals surface area (Å²) in [5.74, 6) is -0.783. The standard InChI is InChI=1S/C31H32F2N4O3S/c32-21-7-10-25(26(33)17-21)30-36-28(20-5-8-22(9-6-20)37-13-15-41(35,39)16-14-37)29(40-30)24-4-2-1-3-23(24)27(38)18-31(19-34)11-12-31/h5-10,17,23-24,35H,1-4,11-16,18H2/t23-,24-/m1/s1. The van der Waals surface area contributed by atoms with E-state index in [0.717, 1.165) is 49.1 Å². The molecule has 3 aliphatic rings. The number of Topliss-reactive ketones (excluding diaryl/α,β-unsaturated/α-hetero) is 1. The number of rotatable bonds is 7. The normalized spacial score (nSPS) is 23.1. The fourth-order valence-electron chi connectivity index (χ4n) is 6.16. The van der Waals surface area contributed by atoms with Gasteiger partial charge in [0.05, 0.1) is 17.0 Å². The molecule has 7 nitrogen and oxygen atoms in total. The molecule has 2 saturated carbocycles. The quantitative estimate of drug-likeness (QED) is 0.334. The lowest BCUT2D eigenvalue weighted by atomic mass is 9.73. The predicted octanol–water partition coefficient (Wildman–Crippen LogP) is 6.69. The molecule has 0 radical (unpaired) electrons. The Balaban J connectivity index is 1.37. The zero-order valence-corrected chi connectivity index (χ0v) is 23.5. The van der Waals surface area contributed by atoms with Crippen LogP contribution in [0.25, 0.3) is 22.7 Å². The maximum absolute atomic E-state index is 14.8. The molecule has 1 aliphatic heterocycles. The molecule has 6 rings (SSSR count). The van der Waals surface area contributed by atoms with E-state index in [-0.39, 0.29) is 35.5 Å². The van der Waals surface area contributed by atoms with Crippen molar-refractivity contribution >= 4 is 21.2 Å². The van der Waals surface area contributed by atoms with Gasteiger partial charge in [-0.25, -0.2) is 18.0 Å². The molecule has 1 aromatic heterocycles. The third-order valence-electron chi connectivity index (χ3n) is 8.82. The zero-order valence-electron chi connectivity index (χ0n) is 22.7. The van der Waals surface area contributed by atoms with Crippen molar-refractivity contribution in [1.29, 1.82) is 10.0 Å². The van der Waals surface area contributed by atoms with Gasteiger partial charge in [0.1, 0.15) is 28.9 Å². The Bertz CT molecular complexity index is 1610. The lowest BCUT2D eigenvalue weighted by Crippen LogP contribution is -2.39. The number of aromatic nitrogens is 1. The maximum Gasteiger partial charge on any atom is 0.229 e. The number of nitrogens with one attached hydrogen (secondary N) is 1. The minimum atomic E-state index is -2.51. The molecule has 2 aromatic carbocycles. The van der Waals surface area contributed by atoms with E-state index in [9.17, 15) is 23.0 Å². The van der Waals surface area contributed by atoms with Crippen LogP contribution in [0.15, 0.2) is 46.9 Å². The van der Waals surface area contributed by atoms with Crippen molar-refractivity contribution < 1.29 is 22.2 Å². The molecule has 0 spiro atoms. The highest BCUT2D eigenvalue weighted by Crippen LogP contribution is 2.51. The van der Waals surface area contributed by atoms with Gasteiger partial charge in [-0.05, 0) is 49.9 Å². The fraction of sp³-hybridized carbons (Fsp3) is 0.452. The van der Waals surface area contributed by atoms with E-state index < -0.39 is 26.8 Å². The second-order valence-corrected chi connectivity index (χ2v) is 14.1. The van der Waals surface area contributed by atoms with Gasteiger partial charge in [0.2, 0.25) is 5.89 Å². The molecule has 2 heterocycles. The second-order valence-electron chi connectivity index (χ2n) is 11.6. The summed E-state index contributed by atoms with van der Waals surface area (Å²) in [4.78, 5) is 20.3. The summed E-state index contributed by atoms with van der Waals surface area (Å²) in [6.45, 7) is 1.09. The summed E-state index contributed by atoms with van der Waals surface area (Å²) >= 11 is 0. The summed E-state index contributed by atoms with van der Waals surface area (Å²) in [6, 6.07) is 13.3. The molecule has 3 aromatic rings. The molecule has 1 N–H and O–H groups in total. The van der Waals surface area contributed by atoms with Crippen LogP contribution in [-0.4, -0.2) is 39.6 Å². The van der Waals surface area contributed by atoms with Crippen molar-refractivity contribution in [3.05, 3.63) is 59.9 Å². The van der Waals surface area contributed by atoms with Gasteiger partial charge < -0.3 is 9.32 Å². The number of nitriles is 1. The second kappa shape index (κ2) is 10.7. The van der Waals surface area contributed by atoms with Crippen molar-refractivity contribution in [2.24, 2.45) is 11.3 Å². The van der Waals surface area contributed by atoms with Gasteiger partial charge in [0.25, 0.3) is 0 Å². The molecule has 2 aliphatic carbocycles. The molecule has 1 saturated heterocycles. The minimum absolute atomic E-state index is 0.0327. The van der Waals surface area contributed by atoms with Gasteiger partial charge in [0.15, 0.2) is 0 Å². The molecule has 3 fully saturated rings. The first-order chi connectivity index (χ1) is 19.7. The number of carbonyl (C=O) groups is 1. The van der Waals surface area contributed by atoms with Gasteiger partial charge in [0, 0.05) is 69.9 Å². The van der Waals surface area contributed by atoms with Crippen LogP contribution < -0.4 is 4.90 Å². The predicted molar refractivity (Wildman–Crippen MR) is 152 cm³/mol. The number of anilines is 1. The molecular weight excluding hydrogens is 546 g/mol. The third kappa shape index (κ3) is 5.65. The van der Waals surface area contributed by atoms with Crippen LogP contribution in [0, 0.1) is 39.1 Å². The largest absolute Gasteiger partial charge is 0.440 e. The molecule has 0 unspecified atom stereocenters. The summed E-state index contributed by atoms with van der Waals surface area (Å²) in [6.07, 6.45) is 4.95. The van der Waals surface area contributed by atoms with E-state index in [1.807, 2.05) is 24.3 Å². The Morgan fingerprint density at radius 3 is 2.49 bits per heavy atom. The first kappa shape index (κ1) is 27.6. The first-order valence-corrected chi connectivity index (χ1v) is 16.1. The number of oxazole rings is 1. The van der Waals surface area contributed by atoms with Crippen molar-refractivity contribution in [1.82, 2.24) is 4.98 Å². The summed E-state index contributed by atoms with van der Waals surface area (Å²) in [5, 5.41) is 9.58. The number of halogens is 2. The van der Waals surface area contributed by atoms with E-state index in [1.165, 1.54) is 6.07 Å². The highest BCUT2D eigenvalue weighted by molar-refractivity contribution is 7.92. The molecule has 214 valence electrons. The van der Waals surface area contributed by atoms with E-state index >= 15 is 0 Å². The Kier molecular flexibility index (Phi) is 7.18. The van der Waals surface area contributed by atoms with Crippen LogP contribution in [0.4, 0.5) is 14.5 Å². The third-order valence-corrected chi connectivity index (χ3v) is 10.5. The van der Waals surface area contributed by atoms with Crippen molar-refractivity contribution in [2.75, 3.05) is 29.5 Å². The molecule has 0 amide bonds. The SMILES string of the molecule is N#CC1(CC(=O)[C@@H]2CCCC[C@H]2c2oc(-c3ccc(F)cc3F)nc2-c2ccc(N3CCS(=N)(=O)CC3)cc2)CC1. The van der Waals surface area contributed by atoms with Gasteiger partial charge in [-0.15, -0.1) is 0 Å². The van der Waals surface area contributed by atoms with Crippen LogP contribution in [0.5, 0.6) is 0 Å². The van der Waals surface area contributed by atoms with Gasteiger partial charge in [-0.2, -0.15) is 5.26 Å². The fourth-order valence-corrected chi connectivity index (χ4v) is 7.39. The van der Waals surface area contributed by atoms with Crippen molar-refractivity contribution in [3.63, 3.8) is 0 Å². The molecule has 10 heteroatoms. The lowest BCUT2D eigenvalue weighted by Gasteiger charge is -2.30. The van der Waals surface area contributed by atoms with Crippen molar-refractivity contribution in [3.8, 4) is 28.8 Å².